The molecule has 2 heterocycles. The SMILES string of the molecule is CC(C)CC1CC(NC(=O)Nc2ccn(Cc3ccccc3)n2)CCO1. The molecule has 1 fully saturated rings. The van der Waals surface area contributed by atoms with Gasteiger partial charge in [0.25, 0.3) is 0 Å². The van der Waals surface area contributed by atoms with Gasteiger partial charge in [0.15, 0.2) is 5.82 Å². The van der Waals surface area contributed by atoms with Crippen molar-refractivity contribution < 1.29 is 9.53 Å². The normalized spacial score (nSPS) is 20.1. The van der Waals surface area contributed by atoms with Crippen LogP contribution in [0, 0.1) is 5.92 Å². The van der Waals surface area contributed by atoms with Crippen molar-refractivity contribution in [1.82, 2.24) is 15.1 Å². The quantitative estimate of drug-likeness (QED) is 0.830. The summed E-state index contributed by atoms with van der Waals surface area (Å²) < 4.78 is 7.61. The van der Waals surface area contributed by atoms with E-state index in [-0.39, 0.29) is 18.2 Å². The Balaban J connectivity index is 1.47. The fraction of sp³-hybridized carbons (Fsp3) is 0.500. The first-order valence-corrected chi connectivity index (χ1v) is 9.35. The van der Waals surface area contributed by atoms with Crippen molar-refractivity contribution >= 4 is 11.8 Å². The summed E-state index contributed by atoms with van der Waals surface area (Å²) in [5.41, 5.74) is 1.17. The second-order valence-electron chi connectivity index (χ2n) is 7.33. The molecule has 6 heteroatoms. The van der Waals surface area contributed by atoms with E-state index >= 15 is 0 Å². The lowest BCUT2D eigenvalue weighted by molar-refractivity contribution is -0.00717. The van der Waals surface area contributed by atoms with Crippen molar-refractivity contribution in [2.24, 2.45) is 5.92 Å². The summed E-state index contributed by atoms with van der Waals surface area (Å²) in [6.45, 7) is 5.77. The maximum Gasteiger partial charge on any atom is 0.320 e. The summed E-state index contributed by atoms with van der Waals surface area (Å²) in [6.07, 6.45) is 4.86. The number of hydrogen-bond acceptors (Lipinski definition) is 3. The number of ether oxygens (including phenoxy) is 1. The third kappa shape index (κ3) is 5.59. The van der Waals surface area contributed by atoms with Gasteiger partial charge in [-0.2, -0.15) is 5.10 Å². The van der Waals surface area contributed by atoms with E-state index < -0.39 is 0 Å². The molecular formula is C20H28N4O2. The van der Waals surface area contributed by atoms with E-state index in [1.165, 1.54) is 5.56 Å². The molecule has 1 aliphatic rings. The van der Waals surface area contributed by atoms with Crippen LogP contribution in [0.4, 0.5) is 10.6 Å². The molecule has 0 saturated carbocycles. The van der Waals surface area contributed by atoms with Crippen molar-refractivity contribution in [3.8, 4) is 0 Å². The van der Waals surface area contributed by atoms with Crippen molar-refractivity contribution in [3.05, 3.63) is 48.2 Å². The lowest BCUT2D eigenvalue weighted by Crippen LogP contribution is -2.44. The Kier molecular flexibility index (Phi) is 6.28. The minimum absolute atomic E-state index is 0.152. The van der Waals surface area contributed by atoms with Crippen LogP contribution >= 0.6 is 0 Å². The number of hydrogen-bond donors (Lipinski definition) is 2. The molecule has 0 aliphatic carbocycles. The maximum absolute atomic E-state index is 12.3. The van der Waals surface area contributed by atoms with E-state index in [0.717, 1.165) is 19.3 Å². The first kappa shape index (κ1) is 18.5. The molecule has 2 amide bonds. The van der Waals surface area contributed by atoms with Gasteiger partial charge in [0.05, 0.1) is 12.6 Å². The van der Waals surface area contributed by atoms with Gasteiger partial charge in [0, 0.05) is 24.9 Å². The van der Waals surface area contributed by atoms with Gasteiger partial charge in [0.1, 0.15) is 0 Å². The smallest absolute Gasteiger partial charge is 0.320 e. The van der Waals surface area contributed by atoms with Crippen molar-refractivity contribution in [2.75, 3.05) is 11.9 Å². The van der Waals surface area contributed by atoms with E-state index in [9.17, 15) is 4.79 Å². The van der Waals surface area contributed by atoms with Gasteiger partial charge < -0.3 is 10.1 Å². The van der Waals surface area contributed by atoms with Crippen molar-refractivity contribution in [3.63, 3.8) is 0 Å². The molecule has 1 saturated heterocycles. The maximum atomic E-state index is 12.3. The van der Waals surface area contributed by atoms with Crippen LogP contribution in [-0.4, -0.2) is 34.6 Å². The number of amides is 2. The minimum atomic E-state index is -0.204. The van der Waals surface area contributed by atoms with E-state index in [2.05, 4.69) is 41.7 Å². The van der Waals surface area contributed by atoms with Crippen LogP contribution in [0.1, 0.15) is 38.7 Å². The van der Waals surface area contributed by atoms with Crippen molar-refractivity contribution in [1.29, 1.82) is 0 Å². The Labute approximate surface area is 154 Å². The van der Waals surface area contributed by atoms with Crippen LogP contribution in [0.3, 0.4) is 0 Å². The van der Waals surface area contributed by atoms with Gasteiger partial charge >= 0.3 is 6.03 Å². The van der Waals surface area contributed by atoms with Gasteiger partial charge in [-0.3, -0.25) is 10.00 Å². The predicted molar refractivity (Wildman–Crippen MR) is 102 cm³/mol. The van der Waals surface area contributed by atoms with Gasteiger partial charge in [-0.1, -0.05) is 44.2 Å². The molecule has 0 bridgehead atoms. The standard InChI is InChI=1S/C20H28N4O2/c1-15(2)12-18-13-17(9-11-26-18)21-20(25)22-19-8-10-24(23-19)14-16-6-4-3-5-7-16/h3-8,10,15,17-18H,9,11-14H2,1-2H3,(H2,21,22,23,25). The molecule has 140 valence electrons. The van der Waals surface area contributed by atoms with E-state index in [1.54, 1.807) is 0 Å². The molecule has 2 aromatic rings. The average molecular weight is 356 g/mol. The summed E-state index contributed by atoms with van der Waals surface area (Å²) in [5, 5.41) is 10.3. The second-order valence-corrected chi connectivity index (χ2v) is 7.33. The Morgan fingerprint density at radius 1 is 1.31 bits per heavy atom. The molecule has 1 aliphatic heterocycles. The van der Waals surface area contributed by atoms with Crippen LogP contribution in [0.2, 0.25) is 0 Å². The lowest BCUT2D eigenvalue weighted by Gasteiger charge is -2.31. The van der Waals surface area contributed by atoms with Crippen molar-refractivity contribution in [2.45, 2.75) is 51.8 Å². The molecule has 1 aromatic heterocycles. The lowest BCUT2D eigenvalue weighted by atomic mass is 9.96. The number of anilines is 1. The number of benzene rings is 1. The number of carbonyl (C=O) groups excluding carboxylic acids is 1. The molecule has 1 aromatic carbocycles. The molecule has 0 spiro atoms. The fourth-order valence-corrected chi connectivity index (χ4v) is 3.33. The number of aromatic nitrogens is 2. The highest BCUT2D eigenvalue weighted by Gasteiger charge is 2.24. The zero-order valence-electron chi connectivity index (χ0n) is 15.5. The van der Waals surface area contributed by atoms with E-state index in [0.29, 0.717) is 24.9 Å². The molecule has 3 rings (SSSR count). The number of nitrogens with one attached hydrogen (secondary N) is 2. The van der Waals surface area contributed by atoms with Gasteiger partial charge in [0.2, 0.25) is 0 Å². The molecule has 2 unspecified atom stereocenters. The highest BCUT2D eigenvalue weighted by atomic mass is 16.5. The number of rotatable bonds is 6. The van der Waals surface area contributed by atoms with Gasteiger partial charge in [-0.05, 0) is 30.7 Å². The third-order valence-corrected chi connectivity index (χ3v) is 4.51. The predicted octanol–water partition coefficient (Wildman–Crippen LogP) is 3.65. The second kappa shape index (κ2) is 8.85. The first-order chi connectivity index (χ1) is 12.6. The Morgan fingerprint density at radius 3 is 2.88 bits per heavy atom. The average Bonchev–Trinajstić information content (AvgIpc) is 3.02. The molecule has 0 radical (unpaired) electrons. The number of nitrogens with zero attached hydrogens (tertiary/aromatic N) is 2. The zero-order valence-corrected chi connectivity index (χ0v) is 15.5. The zero-order chi connectivity index (χ0) is 18.4. The van der Waals surface area contributed by atoms with Gasteiger partial charge in [-0.25, -0.2) is 4.79 Å². The summed E-state index contributed by atoms with van der Waals surface area (Å²) in [4.78, 5) is 12.3. The largest absolute Gasteiger partial charge is 0.378 e. The van der Waals surface area contributed by atoms with E-state index in [1.807, 2.05) is 35.1 Å². The monoisotopic (exact) mass is 356 g/mol. The minimum Gasteiger partial charge on any atom is -0.378 e. The number of urea groups is 1. The molecule has 26 heavy (non-hydrogen) atoms. The van der Waals surface area contributed by atoms with E-state index in [4.69, 9.17) is 4.74 Å². The summed E-state index contributed by atoms with van der Waals surface area (Å²) in [7, 11) is 0. The Hall–Kier alpha value is -2.34. The third-order valence-electron chi connectivity index (χ3n) is 4.51. The Morgan fingerprint density at radius 2 is 2.12 bits per heavy atom. The van der Waals surface area contributed by atoms with Gasteiger partial charge in [-0.15, -0.1) is 0 Å². The van der Waals surface area contributed by atoms with Crippen LogP contribution in [0.25, 0.3) is 0 Å². The first-order valence-electron chi connectivity index (χ1n) is 9.35. The fourth-order valence-electron chi connectivity index (χ4n) is 3.33. The van der Waals surface area contributed by atoms with Crippen LogP contribution in [-0.2, 0) is 11.3 Å². The highest BCUT2D eigenvalue weighted by molar-refractivity contribution is 5.88. The molecule has 6 nitrogen and oxygen atoms in total. The Bertz CT molecular complexity index is 699. The van der Waals surface area contributed by atoms with Crippen LogP contribution < -0.4 is 10.6 Å². The summed E-state index contributed by atoms with van der Waals surface area (Å²) in [5.74, 6) is 1.16. The molecule has 2 N–H and O–H groups in total. The summed E-state index contributed by atoms with van der Waals surface area (Å²) in [6, 6.07) is 11.9. The number of carbonyl (C=O) groups is 1. The summed E-state index contributed by atoms with van der Waals surface area (Å²) >= 11 is 0. The topological polar surface area (TPSA) is 68.2 Å². The highest BCUT2D eigenvalue weighted by Crippen LogP contribution is 2.20. The molecular weight excluding hydrogens is 328 g/mol. The molecule has 2 atom stereocenters. The van der Waals surface area contributed by atoms with Crippen LogP contribution in [0.5, 0.6) is 0 Å². The van der Waals surface area contributed by atoms with Crippen LogP contribution in [0.15, 0.2) is 42.6 Å².